The Labute approximate surface area is 373 Å². The highest BCUT2D eigenvalue weighted by Gasteiger charge is 2.39. The predicted molar refractivity (Wildman–Crippen MR) is 252 cm³/mol. The smallest absolute Gasteiger partial charge is 0.278 e. The quantitative estimate of drug-likeness (QED) is 0.0980. The van der Waals surface area contributed by atoms with Crippen LogP contribution in [0.25, 0.3) is 70.9 Å². The van der Waals surface area contributed by atoms with Crippen LogP contribution in [0.5, 0.6) is 17.2 Å². The molecule has 4 N–H and O–H groups in total. The summed E-state index contributed by atoms with van der Waals surface area (Å²) in [6, 6.07) is 41.7. The number of aromatic hydroxyl groups is 2. The Hall–Kier alpha value is -7.65. The van der Waals surface area contributed by atoms with Crippen molar-refractivity contribution >= 4 is 105 Å². The van der Waals surface area contributed by atoms with E-state index in [0.717, 1.165) is 15.6 Å². The number of nitrogens with zero attached hydrogens (tertiary/aromatic N) is 2. The molecule has 0 radical (unpaired) electrons. The summed E-state index contributed by atoms with van der Waals surface area (Å²) in [6.07, 6.45) is 2.81. The van der Waals surface area contributed by atoms with Gasteiger partial charge in [0.15, 0.2) is 23.0 Å². The molecular weight excluding hydrogens is 874 g/mol. The molecule has 11 rings (SSSR count). The van der Waals surface area contributed by atoms with Crippen LogP contribution in [-0.4, -0.2) is 53.1 Å². The van der Waals surface area contributed by atoms with Gasteiger partial charge in [0.2, 0.25) is 5.43 Å². The molecular formula is C49H34ClN3O9S2. The van der Waals surface area contributed by atoms with E-state index in [-0.39, 0.29) is 53.9 Å². The van der Waals surface area contributed by atoms with E-state index in [4.69, 9.17) is 20.8 Å². The Morgan fingerprint density at radius 1 is 0.781 bits per heavy atom. The predicted octanol–water partition coefficient (Wildman–Crippen LogP) is 10.9. The fourth-order valence-corrected chi connectivity index (χ4v) is 10.7. The van der Waals surface area contributed by atoms with Gasteiger partial charge in [-0.15, -0.1) is 11.3 Å². The van der Waals surface area contributed by atoms with Gasteiger partial charge < -0.3 is 29.8 Å². The van der Waals surface area contributed by atoms with E-state index in [9.17, 15) is 33.3 Å². The average molecular weight is 908 g/mol. The SMILES string of the molecule is CN1C(C(=O)Nc2ccccn2)=C(O)c2sc(Cl)cc2S1(=O)=O.COc1cc2c(=O)c(-c3ccc(O)cc3)coc2cc1O.c1ccc2c(c1)cc1ccc3cccc4ccc2c1c34. The molecule has 3 aromatic heterocycles. The fraction of sp³-hybridized carbons (Fsp3) is 0.0408. The Kier molecular flexibility index (Phi) is 10.8. The van der Waals surface area contributed by atoms with Gasteiger partial charge in [-0.3, -0.25) is 13.9 Å². The number of phenolic OH excluding ortho intramolecular Hbond substituents is 2. The van der Waals surface area contributed by atoms with Gasteiger partial charge in [0.1, 0.15) is 28.3 Å². The standard InChI is InChI=1S/C20H12.C16H12O5.C13H10ClN3O4S2/c1-2-7-17-15(4-1)12-16-9-8-13-5-3-6-14-10-11-18(17)20(16)19(13)14;1-20-15-6-11-14(7-13(15)18)21-8-12(16(11)19)9-2-4-10(17)5-3-9;1-17-10(13(19)16-9-4-2-3-5-15-9)11(18)12-7(23(17,20)21)6-8(14)22-12/h1-12H;2-8,17-18H,1H3;2-6,18H,1H3,(H,15,16,19). The highest BCUT2D eigenvalue weighted by atomic mass is 35.5. The van der Waals surface area contributed by atoms with Crippen LogP contribution >= 0.6 is 22.9 Å². The van der Waals surface area contributed by atoms with Gasteiger partial charge in [-0.05, 0) is 91.1 Å². The fourth-order valence-electron chi connectivity index (χ4n) is 7.73. The third-order valence-corrected chi connectivity index (χ3v) is 14.0. The number of aliphatic hydroxyl groups excluding tert-OH is 1. The maximum atomic E-state index is 12.5. The van der Waals surface area contributed by atoms with Crippen LogP contribution in [0.2, 0.25) is 4.34 Å². The van der Waals surface area contributed by atoms with Crippen molar-refractivity contribution in [2.45, 2.75) is 4.90 Å². The lowest BCUT2D eigenvalue weighted by Crippen LogP contribution is -2.36. The number of methoxy groups -OCH3 is 1. The molecule has 12 nitrogen and oxygen atoms in total. The van der Waals surface area contributed by atoms with Gasteiger partial charge in [-0.1, -0.05) is 96.5 Å². The second kappa shape index (κ2) is 16.6. The minimum atomic E-state index is -3.96. The molecule has 7 aromatic carbocycles. The number of rotatable bonds is 4. The summed E-state index contributed by atoms with van der Waals surface area (Å²) in [4.78, 5) is 28.8. The van der Waals surface area contributed by atoms with Crippen molar-refractivity contribution in [3.63, 3.8) is 0 Å². The number of aliphatic hydroxyl groups is 1. The van der Waals surface area contributed by atoms with Crippen molar-refractivity contribution in [2.24, 2.45) is 0 Å². The molecule has 1 aliphatic heterocycles. The minimum Gasteiger partial charge on any atom is -0.508 e. The number of fused-ring (bicyclic) bond motifs is 4. The minimum absolute atomic E-state index is 0.0410. The zero-order chi connectivity index (χ0) is 44.9. The normalized spacial score (nSPS) is 13.1. The first-order valence-corrected chi connectivity index (χ1v) is 22.1. The van der Waals surface area contributed by atoms with Crippen LogP contribution in [0.4, 0.5) is 5.82 Å². The number of sulfonamides is 1. The second-order valence-electron chi connectivity index (χ2n) is 14.6. The number of nitrogens with one attached hydrogen (secondary N) is 1. The summed E-state index contributed by atoms with van der Waals surface area (Å²) in [5.74, 6) is -0.762. The molecule has 64 heavy (non-hydrogen) atoms. The number of hydrogen-bond donors (Lipinski definition) is 4. The molecule has 0 aliphatic carbocycles. The first-order valence-electron chi connectivity index (χ1n) is 19.5. The van der Waals surface area contributed by atoms with Crippen LogP contribution in [0.3, 0.4) is 0 Å². The molecule has 0 saturated carbocycles. The Bertz CT molecular complexity index is 3630. The number of anilines is 1. The van der Waals surface area contributed by atoms with E-state index in [1.54, 1.807) is 30.3 Å². The Balaban J connectivity index is 0.000000122. The summed E-state index contributed by atoms with van der Waals surface area (Å²) in [6.45, 7) is 0. The number of likely N-dealkylation sites (N-methyl/N-ethyl adjacent to an activating group) is 1. The van der Waals surface area contributed by atoms with E-state index in [0.29, 0.717) is 16.5 Å². The monoisotopic (exact) mass is 907 g/mol. The highest BCUT2D eigenvalue weighted by molar-refractivity contribution is 7.89. The topological polar surface area (TPSA) is 179 Å². The summed E-state index contributed by atoms with van der Waals surface area (Å²) < 4.78 is 36.3. The summed E-state index contributed by atoms with van der Waals surface area (Å²) in [5, 5.41) is 42.9. The van der Waals surface area contributed by atoms with E-state index in [2.05, 4.69) is 83.1 Å². The van der Waals surface area contributed by atoms with Gasteiger partial charge in [-0.25, -0.2) is 13.4 Å². The van der Waals surface area contributed by atoms with Gasteiger partial charge in [0.25, 0.3) is 15.9 Å². The van der Waals surface area contributed by atoms with Crippen LogP contribution in [0.1, 0.15) is 4.88 Å². The van der Waals surface area contributed by atoms with Crippen LogP contribution in [0, 0.1) is 0 Å². The second-order valence-corrected chi connectivity index (χ2v) is 18.2. The van der Waals surface area contributed by atoms with Crippen molar-refractivity contribution in [2.75, 3.05) is 19.5 Å². The summed E-state index contributed by atoms with van der Waals surface area (Å²) in [7, 11) is -1.36. The van der Waals surface area contributed by atoms with Crippen LogP contribution in [-0.2, 0) is 14.8 Å². The van der Waals surface area contributed by atoms with Gasteiger partial charge in [-0.2, -0.15) is 0 Å². The number of pyridine rings is 1. The van der Waals surface area contributed by atoms with E-state index >= 15 is 0 Å². The van der Waals surface area contributed by atoms with Crippen molar-refractivity contribution < 1.29 is 37.7 Å². The molecule has 10 aromatic rings. The lowest BCUT2D eigenvalue weighted by atomic mass is 9.91. The molecule has 0 fully saturated rings. The number of aromatic nitrogens is 1. The lowest BCUT2D eigenvalue weighted by Gasteiger charge is -2.26. The molecule has 0 saturated heterocycles. The molecule has 1 aliphatic rings. The molecule has 4 heterocycles. The van der Waals surface area contributed by atoms with Gasteiger partial charge in [0, 0.05) is 19.3 Å². The number of hydrogen-bond acceptors (Lipinski definition) is 11. The number of phenols is 2. The molecule has 318 valence electrons. The zero-order valence-corrected chi connectivity index (χ0v) is 36.1. The summed E-state index contributed by atoms with van der Waals surface area (Å²) >= 11 is 6.73. The number of carbonyl (C=O) groups excluding carboxylic acids is 1. The Morgan fingerprint density at radius 3 is 2.22 bits per heavy atom. The van der Waals surface area contributed by atoms with E-state index in [1.165, 1.54) is 100 Å². The maximum Gasteiger partial charge on any atom is 0.278 e. The Morgan fingerprint density at radius 2 is 1.48 bits per heavy atom. The van der Waals surface area contributed by atoms with E-state index in [1.807, 2.05) is 0 Å². The number of thiophene rings is 1. The third-order valence-electron chi connectivity index (χ3n) is 10.8. The van der Waals surface area contributed by atoms with Crippen molar-refractivity contribution in [1.29, 1.82) is 0 Å². The molecule has 1 amide bonds. The molecule has 0 unspecified atom stereocenters. The molecule has 0 spiro atoms. The van der Waals surface area contributed by atoms with E-state index < -0.39 is 21.7 Å². The van der Waals surface area contributed by atoms with Crippen molar-refractivity contribution in [3.05, 3.63) is 171 Å². The lowest BCUT2D eigenvalue weighted by molar-refractivity contribution is -0.113. The third kappa shape index (κ3) is 7.42. The van der Waals surface area contributed by atoms with Crippen LogP contribution in [0.15, 0.2) is 166 Å². The maximum absolute atomic E-state index is 12.5. The highest BCUT2D eigenvalue weighted by Crippen LogP contribution is 2.42. The molecule has 0 bridgehead atoms. The van der Waals surface area contributed by atoms with Gasteiger partial charge >= 0.3 is 0 Å². The molecule has 0 atom stereocenters. The number of benzene rings is 7. The zero-order valence-electron chi connectivity index (χ0n) is 33.7. The molecule has 15 heteroatoms. The largest absolute Gasteiger partial charge is 0.508 e. The number of carbonyl (C=O) groups is 1. The number of halogens is 1. The van der Waals surface area contributed by atoms with Crippen LogP contribution < -0.4 is 15.5 Å². The van der Waals surface area contributed by atoms with Gasteiger partial charge in [0.05, 0.1) is 27.3 Å². The van der Waals surface area contributed by atoms with Crippen molar-refractivity contribution in [1.82, 2.24) is 9.29 Å². The number of ether oxygens (including phenoxy) is 1. The first kappa shape index (κ1) is 41.7. The number of amides is 1. The summed E-state index contributed by atoms with van der Waals surface area (Å²) in [5.41, 5.74) is 0.661. The first-order chi connectivity index (χ1) is 30.8. The average Bonchev–Trinajstić information content (AvgIpc) is 3.72. The van der Waals surface area contributed by atoms with Crippen molar-refractivity contribution in [3.8, 4) is 28.4 Å².